The molecule has 1 nitrogen and oxygen atoms in total. The molecule has 106 valence electrons. The van der Waals surface area contributed by atoms with Gasteiger partial charge in [-0.05, 0) is 30.4 Å². The van der Waals surface area contributed by atoms with Crippen molar-refractivity contribution in [2.24, 2.45) is 0 Å². The maximum atomic E-state index is 3.97. The molecule has 0 radical (unpaired) electrons. The SMILES string of the molecule is [SiH3]c1ccccc1C(NC1CCCCC1)C1=CC=CC1. The lowest BCUT2D eigenvalue weighted by Crippen LogP contribution is -2.37. The Hall–Kier alpha value is -1.12. The van der Waals surface area contributed by atoms with Crippen molar-refractivity contribution in [3.63, 3.8) is 0 Å². The third kappa shape index (κ3) is 3.13. The van der Waals surface area contributed by atoms with Crippen molar-refractivity contribution in [1.29, 1.82) is 0 Å². The van der Waals surface area contributed by atoms with Gasteiger partial charge >= 0.3 is 0 Å². The molecular weight excluding hydrogens is 258 g/mol. The van der Waals surface area contributed by atoms with Crippen molar-refractivity contribution in [1.82, 2.24) is 5.32 Å². The van der Waals surface area contributed by atoms with E-state index in [0.29, 0.717) is 12.1 Å². The van der Waals surface area contributed by atoms with E-state index in [9.17, 15) is 0 Å². The quantitative estimate of drug-likeness (QED) is 0.837. The van der Waals surface area contributed by atoms with Crippen LogP contribution in [0.1, 0.15) is 50.1 Å². The molecule has 1 unspecified atom stereocenters. The van der Waals surface area contributed by atoms with Crippen LogP contribution in [-0.4, -0.2) is 16.3 Å². The summed E-state index contributed by atoms with van der Waals surface area (Å²) in [4.78, 5) is 0. The van der Waals surface area contributed by atoms with Crippen molar-refractivity contribution in [3.05, 3.63) is 53.6 Å². The molecule has 1 aromatic carbocycles. The number of hydrogen-bond donors (Lipinski definition) is 1. The van der Waals surface area contributed by atoms with Gasteiger partial charge in [-0.15, -0.1) is 0 Å². The predicted molar refractivity (Wildman–Crippen MR) is 90.6 cm³/mol. The lowest BCUT2D eigenvalue weighted by atomic mass is 9.91. The van der Waals surface area contributed by atoms with E-state index in [4.69, 9.17) is 0 Å². The Morgan fingerprint density at radius 3 is 2.60 bits per heavy atom. The van der Waals surface area contributed by atoms with Crippen LogP contribution in [0.25, 0.3) is 0 Å². The maximum Gasteiger partial charge on any atom is 0.0542 e. The highest BCUT2D eigenvalue weighted by atomic mass is 28.1. The van der Waals surface area contributed by atoms with E-state index >= 15 is 0 Å². The van der Waals surface area contributed by atoms with Crippen LogP contribution in [0.5, 0.6) is 0 Å². The molecule has 0 bridgehead atoms. The minimum absolute atomic E-state index is 0.432. The van der Waals surface area contributed by atoms with Gasteiger partial charge in [0.15, 0.2) is 0 Å². The summed E-state index contributed by atoms with van der Waals surface area (Å²) in [6.07, 6.45) is 14.8. The minimum Gasteiger partial charge on any atom is -0.304 e. The van der Waals surface area contributed by atoms with Crippen molar-refractivity contribution >= 4 is 15.4 Å². The van der Waals surface area contributed by atoms with Gasteiger partial charge in [0.1, 0.15) is 0 Å². The van der Waals surface area contributed by atoms with E-state index in [0.717, 1.165) is 16.7 Å². The van der Waals surface area contributed by atoms with Crippen LogP contribution in [0.4, 0.5) is 0 Å². The fourth-order valence-electron chi connectivity index (χ4n) is 3.49. The van der Waals surface area contributed by atoms with Crippen LogP contribution in [0.15, 0.2) is 48.1 Å². The number of nitrogens with one attached hydrogen (secondary N) is 1. The van der Waals surface area contributed by atoms with E-state index in [-0.39, 0.29) is 0 Å². The zero-order valence-electron chi connectivity index (χ0n) is 12.4. The Labute approximate surface area is 125 Å². The molecular formula is C18H25NSi. The van der Waals surface area contributed by atoms with Crippen LogP contribution in [0.3, 0.4) is 0 Å². The molecule has 0 heterocycles. The fraction of sp³-hybridized carbons (Fsp3) is 0.444. The van der Waals surface area contributed by atoms with Crippen LogP contribution in [-0.2, 0) is 0 Å². The molecule has 1 N–H and O–H groups in total. The number of rotatable bonds is 4. The van der Waals surface area contributed by atoms with Crippen LogP contribution < -0.4 is 10.5 Å². The third-order valence-corrected chi connectivity index (χ3v) is 5.59. The van der Waals surface area contributed by atoms with Gasteiger partial charge in [-0.1, -0.05) is 66.9 Å². The van der Waals surface area contributed by atoms with Crippen molar-refractivity contribution < 1.29 is 0 Å². The molecule has 3 rings (SSSR count). The average Bonchev–Trinajstić information content (AvgIpc) is 3.01. The van der Waals surface area contributed by atoms with Gasteiger partial charge in [0, 0.05) is 16.3 Å². The summed E-state index contributed by atoms with van der Waals surface area (Å²) >= 11 is 0. The molecule has 0 amide bonds. The predicted octanol–water partition coefficient (Wildman–Crippen LogP) is 2.53. The normalized spacial score (nSPS) is 21.1. The second-order valence-corrected chi connectivity index (χ2v) is 7.24. The van der Waals surface area contributed by atoms with Gasteiger partial charge in [0.25, 0.3) is 0 Å². The first-order valence-corrected chi connectivity index (χ1v) is 9.02. The van der Waals surface area contributed by atoms with Gasteiger partial charge in [-0.3, -0.25) is 0 Å². The largest absolute Gasteiger partial charge is 0.304 e. The average molecular weight is 283 g/mol. The third-order valence-electron chi connectivity index (χ3n) is 4.68. The molecule has 2 aliphatic rings. The summed E-state index contributed by atoms with van der Waals surface area (Å²) in [6, 6.07) is 10.1. The molecule has 1 atom stereocenters. The topological polar surface area (TPSA) is 12.0 Å². The molecule has 2 heteroatoms. The molecule has 2 aliphatic carbocycles. The van der Waals surface area contributed by atoms with E-state index in [1.807, 2.05) is 0 Å². The smallest absolute Gasteiger partial charge is 0.0542 e. The van der Waals surface area contributed by atoms with E-state index in [2.05, 4.69) is 47.8 Å². The summed E-state index contributed by atoms with van der Waals surface area (Å²) in [5.41, 5.74) is 3.05. The Balaban J connectivity index is 1.82. The van der Waals surface area contributed by atoms with Gasteiger partial charge in [-0.2, -0.15) is 0 Å². The zero-order chi connectivity index (χ0) is 13.8. The molecule has 20 heavy (non-hydrogen) atoms. The highest BCUT2D eigenvalue weighted by Crippen LogP contribution is 2.29. The van der Waals surface area contributed by atoms with Crippen molar-refractivity contribution in [3.8, 4) is 0 Å². The summed E-state index contributed by atoms with van der Waals surface area (Å²) in [5, 5.41) is 5.50. The van der Waals surface area contributed by atoms with E-state index < -0.39 is 0 Å². The standard InChI is InChI=1S/C18H25NSi/c20-17-13-7-6-12-16(17)18(14-8-4-5-9-14)19-15-10-2-1-3-11-15/h4-8,12-13,15,18-19H,1-3,9-11H2,20H3. The zero-order valence-corrected chi connectivity index (χ0v) is 14.4. The second-order valence-electron chi connectivity index (χ2n) is 6.17. The lowest BCUT2D eigenvalue weighted by Gasteiger charge is -2.30. The Bertz CT molecular complexity index is 512. The molecule has 1 fully saturated rings. The number of benzene rings is 1. The second kappa shape index (κ2) is 6.55. The summed E-state index contributed by atoms with van der Waals surface area (Å²) in [6.45, 7) is 0. The molecule has 0 aliphatic heterocycles. The maximum absolute atomic E-state index is 3.97. The lowest BCUT2D eigenvalue weighted by molar-refractivity contribution is 0.352. The van der Waals surface area contributed by atoms with Crippen molar-refractivity contribution in [2.45, 2.75) is 50.6 Å². The van der Waals surface area contributed by atoms with Gasteiger partial charge in [0.2, 0.25) is 0 Å². The first-order chi connectivity index (χ1) is 9.84. The number of allylic oxidation sites excluding steroid dienone is 3. The number of hydrogen-bond acceptors (Lipinski definition) is 1. The Kier molecular flexibility index (Phi) is 4.53. The molecule has 0 spiro atoms. The summed E-state index contributed by atoms with van der Waals surface area (Å²) in [5.74, 6) is 0. The van der Waals surface area contributed by atoms with Crippen molar-refractivity contribution in [2.75, 3.05) is 0 Å². The molecule has 0 aromatic heterocycles. The Morgan fingerprint density at radius 1 is 1.10 bits per heavy atom. The highest BCUT2D eigenvalue weighted by Gasteiger charge is 2.23. The minimum atomic E-state index is 0.432. The van der Waals surface area contributed by atoms with Gasteiger partial charge < -0.3 is 5.32 Å². The fourth-order valence-corrected chi connectivity index (χ4v) is 4.14. The summed E-state index contributed by atoms with van der Waals surface area (Å²) in [7, 11) is 1.13. The Morgan fingerprint density at radius 2 is 1.90 bits per heavy atom. The van der Waals surface area contributed by atoms with E-state index in [1.165, 1.54) is 42.9 Å². The summed E-state index contributed by atoms with van der Waals surface area (Å²) < 4.78 is 0. The van der Waals surface area contributed by atoms with E-state index in [1.54, 1.807) is 5.57 Å². The van der Waals surface area contributed by atoms with Crippen LogP contribution in [0.2, 0.25) is 0 Å². The first-order valence-electron chi connectivity index (χ1n) is 8.02. The molecule has 1 aromatic rings. The van der Waals surface area contributed by atoms with Crippen LogP contribution >= 0.6 is 0 Å². The monoisotopic (exact) mass is 283 g/mol. The van der Waals surface area contributed by atoms with Gasteiger partial charge in [-0.25, -0.2) is 0 Å². The first kappa shape index (κ1) is 13.8. The molecule has 0 saturated heterocycles. The highest BCUT2D eigenvalue weighted by molar-refractivity contribution is 6.33. The molecule has 1 saturated carbocycles. The van der Waals surface area contributed by atoms with Crippen LogP contribution in [0, 0.1) is 0 Å². The van der Waals surface area contributed by atoms with Gasteiger partial charge in [0.05, 0.1) is 6.04 Å².